The van der Waals surface area contributed by atoms with Crippen molar-refractivity contribution in [3.8, 4) is 11.3 Å². The Hall–Kier alpha value is -2.63. The molecular weight excluding hydrogens is 318 g/mol. The maximum Gasteiger partial charge on any atom is 0.308 e. The molecule has 1 heterocycles. The third kappa shape index (κ3) is 3.90. The van der Waals surface area contributed by atoms with Crippen LogP contribution in [-0.4, -0.2) is 34.8 Å². The van der Waals surface area contributed by atoms with Crippen molar-refractivity contribution in [3.05, 3.63) is 42.1 Å². The van der Waals surface area contributed by atoms with Crippen LogP contribution in [0.1, 0.15) is 36.2 Å². The van der Waals surface area contributed by atoms with Gasteiger partial charge in [-0.1, -0.05) is 30.3 Å². The number of benzene rings is 1. The molecule has 6 heteroatoms. The van der Waals surface area contributed by atoms with E-state index in [4.69, 9.17) is 4.74 Å². The topological polar surface area (TPSA) is 73.2 Å². The van der Waals surface area contributed by atoms with Crippen LogP contribution in [0.2, 0.25) is 0 Å². The molecule has 1 saturated carbocycles. The third-order valence-electron chi connectivity index (χ3n) is 4.78. The number of amides is 1. The van der Waals surface area contributed by atoms with Gasteiger partial charge in [-0.05, 0) is 31.7 Å². The predicted molar refractivity (Wildman–Crippen MR) is 93.9 cm³/mol. The van der Waals surface area contributed by atoms with Crippen LogP contribution in [0.3, 0.4) is 0 Å². The number of methoxy groups -OCH3 is 1. The van der Waals surface area contributed by atoms with Crippen LogP contribution in [0.4, 0.5) is 0 Å². The number of hydrogen-bond donors (Lipinski definition) is 1. The second-order valence-corrected chi connectivity index (χ2v) is 6.45. The molecule has 1 aliphatic rings. The van der Waals surface area contributed by atoms with Gasteiger partial charge in [-0.3, -0.25) is 14.3 Å². The highest BCUT2D eigenvalue weighted by molar-refractivity contribution is 5.93. The molecule has 1 aliphatic carbocycles. The van der Waals surface area contributed by atoms with E-state index < -0.39 is 0 Å². The maximum absolute atomic E-state index is 12.6. The highest BCUT2D eigenvalue weighted by Crippen LogP contribution is 2.25. The molecule has 0 spiro atoms. The summed E-state index contributed by atoms with van der Waals surface area (Å²) in [5.74, 6) is -0.317. The number of carbonyl (C=O) groups excluding carboxylic acids is 2. The van der Waals surface area contributed by atoms with Gasteiger partial charge in [0.1, 0.15) is 5.69 Å². The summed E-state index contributed by atoms with van der Waals surface area (Å²) in [5.41, 5.74) is 2.30. The minimum absolute atomic E-state index is 0.0421. The first-order valence-electron chi connectivity index (χ1n) is 8.56. The summed E-state index contributed by atoms with van der Waals surface area (Å²) in [6.45, 7) is 0. The number of aryl methyl sites for hydroxylation is 1. The maximum atomic E-state index is 12.6. The first-order chi connectivity index (χ1) is 12.1. The summed E-state index contributed by atoms with van der Waals surface area (Å²) in [6.07, 6.45) is 3.07. The van der Waals surface area contributed by atoms with Crippen molar-refractivity contribution in [2.75, 3.05) is 7.11 Å². The summed E-state index contributed by atoms with van der Waals surface area (Å²) < 4.78 is 6.41. The van der Waals surface area contributed by atoms with Gasteiger partial charge in [0.2, 0.25) is 0 Å². The lowest BCUT2D eigenvalue weighted by molar-refractivity contribution is -0.146. The van der Waals surface area contributed by atoms with Crippen LogP contribution >= 0.6 is 0 Å². The SMILES string of the molecule is COC(=O)C1CCC(NC(=O)c2cc(-c3ccccc3)nn2C)CC1. The molecule has 1 aromatic heterocycles. The van der Waals surface area contributed by atoms with E-state index in [9.17, 15) is 9.59 Å². The second kappa shape index (κ2) is 7.51. The molecule has 1 aromatic carbocycles. The fourth-order valence-electron chi connectivity index (χ4n) is 3.33. The van der Waals surface area contributed by atoms with Crippen LogP contribution < -0.4 is 5.32 Å². The molecule has 0 bridgehead atoms. The smallest absolute Gasteiger partial charge is 0.308 e. The summed E-state index contributed by atoms with van der Waals surface area (Å²) >= 11 is 0. The lowest BCUT2D eigenvalue weighted by atomic mass is 9.86. The number of esters is 1. The molecule has 1 amide bonds. The number of nitrogens with one attached hydrogen (secondary N) is 1. The number of nitrogens with zero attached hydrogens (tertiary/aromatic N) is 2. The van der Waals surface area contributed by atoms with Crippen molar-refractivity contribution >= 4 is 11.9 Å². The van der Waals surface area contributed by atoms with Crippen molar-refractivity contribution in [1.29, 1.82) is 0 Å². The van der Waals surface area contributed by atoms with E-state index >= 15 is 0 Å². The Bertz CT molecular complexity index is 747. The van der Waals surface area contributed by atoms with Crippen molar-refractivity contribution < 1.29 is 14.3 Å². The number of rotatable bonds is 4. The van der Waals surface area contributed by atoms with Crippen LogP contribution in [0.5, 0.6) is 0 Å². The molecule has 2 aromatic rings. The lowest BCUT2D eigenvalue weighted by Gasteiger charge is -2.27. The normalized spacial score (nSPS) is 20.1. The first-order valence-corrected chi connectivity index (χ1v) is 8.56. The molecule has 0 atom stereocenters. The van der Waals surface area contributed by atoms with Gasteiger partial charge in [-0.25, -0.2) is 0 Å². The Morgan fingerprint density at radius 3 is 2.48 bits per heavy atom. The minimum Gasteiger partial charge on any atom is -0.469 e. The molecule has 6 nitrogen and oxygen atoms in total. The summed E-state index contributed by atoms with van der Waals surface area (Å²) in [5, 5.41) is 7.50. The van der Waals surface area contributed by atoms with E-state index in [1.807, 2.05) is 36.4 Å². The number of ether oxygens (including phenoxy) is 1. The van der Waals surface area contributed by atoms with E-state index in [0.29, 0.717) is 5.69 Å². The van der Waals surface area contributed by atoms with E-state index in [2.05, 4.69) is 10.4 Å². The molecule has 0 unspecified atom stereocenters. The van der Waals surface area contributed by atoms with Gasteiger partial charge in [0.05, 0.1) is 18.7 Å². The van der Waals surface area contributed by atoms with Crippen LogP contribution in [-0.2, 0) is 16.6 Å². The monoisotopic (exact) mass is 341 g/mol. The molecular formula is C19H23N3O3. The van der Waals surface area contributed by atoms with Gasteiger partial charge in [0, 0.05) is 18.7 Å². The molecule has 0 saturated heterocycles. The standard InChI is InChI=1S/C19H23N3O3/c1-22-17(12-16(21-22)13-6-4-3-5-7-13)18(23)20-15-10-8-14(9-11-15)19(24)25-2/h3-7,12,14-15H,8-11H2,1-2H3,(H,20,23). The Balaban J connectivity index is 1.63. The highest BCUT2D eigenvalue weighted by Gasteiger charge is 2.28. The average molecular weight is 341 g/mol. The zero-order chi connectivity index (χ0) is 17.8. The largest absolute Gasteiger partial charge is 0.469 e. The quantitative estimate of drug-likeness (QED) is 0.868. The highest BCUT2D eigenvalue weighted by atomic mass is 16.5. The third-order valence-corrected chi connectivity index (χ3v) is 4.78. The van der Waals surface area contributed by atoms with E-state index in [-0.39, 0.29) is 23.8 Å². The van der Waals surface area contributed by atoms with Crippen LogP contribution in [0, 0.1) is 5.92 Å². The zero-order valence-electron chi connectivity index (χ0n) is 14.6. The molecule has 0 aliphatic heterocycles. The predicted octanol–water partition coefficient (Wildman–Crippen LogP) is 2.55. The van der Waals surface area contributed by atoms with Gasteiger partial charge in [-0.2, -0.15) is 5.10 Å². The second-order valence-electron chi connectivity index (χ2n) is 6.45. The number of aromatic nitrogens is 2. The Labute approximate surface area is 147 Å². The Kier molecular flexibility index (Phi) is 5.16. The fourth-order valence-corrected chi connectivity index (χ4v) is 3.33. The molecule has 1 N–H and O–H groups in total. The van der Waals surface area contributed by atoms with E-state index in [1.165, 1.54) is 7.11 Å². The molecule has 132 valence electrons. The molecule has 3 rings (SSSR count). The van der Waals surface area contributed by atoms with E-state index in [0.717, 1.165) is 36.9 Å². The minimum atomic E-state index is -0.149. The van der Waals surface area contributed by atoms with Crippen molar-refractivity contribution in [2.24, 2.45) is 13.0 Å². The van der Waals surface area contributed by atoms with Crippen LogP contribution in [0.15, 0.2) is 36.4 Å². The Morgan fingerprint density at radius 2 is 1.84 bits per heavy atom. The van der Waals surface area contributed by atoms with Crippen molar-refractivity contribution in [3.63, 3.8) is 0 Å². The first kappa shape index (κ1) is 17.2. The fraction of sp³-hybridized carbons (Fsp3) is 0.421. The van der Waals surface area contributed by atoms with Gasteiger partial charge in [0.25, 0.3) is 5.91 Å². The molecule has 0 radical (unpaired) electrons. The molecule has 25 heavy (non-hydrogen) atoms. The zero-order valence-corrected chi connectivity index (χ0v) is 14.6. The number of carbonyl (C=O) groups is 2. The van der Waals surface area contributed by atoms with Crippen LogP contribution in [0.25, 0.3) is 11.3 Å². The number of hydrogen-bond acceptors (Lipinski definition) is 4. The van der Waals surface area contributed by atoms with Gasteiger partial charge in [0.15, 0.2) is 0 Å². The molecule has 1 fully saturated rings. The van der Waals surface area contributed by atoms with Gasteiger partial charge in [-0.15, -0.1) is 0 Å². The lowest BCUT2D eigenvalue weighted by Crippen LogP contribution is -2.39. The summed E-state index contributed by atoms with van der Waals surface area (Å²) in [6, 6.07) is 11.7. The average Bonchev–Trinajstić information content (AvgIpc) is 3.04. The van der Waals surface area contributed by atoms with Gasteiger partial charge < -0.3 is 10.1 Å². The van der Waals surface area contributed by atoms with Gasteiger partial charge >= 0.3 is 5.97 Å². The van der Waals surface area contributed by atoms with Crippen molar-refractivity contribution in [1.82, 2.24) is 15.1 Å². The summed E-state index contributed by atoms with van der Waals surface area (Å²) in [4.78, 5) is 24.2. The Morgan fingerprint density at radius 1 is 1.16 bits per heavy atom. The van der Waals surface area contributed by atoms with E-state index in [1.54, 1.807) is 11.7 Å². The van der Waals surface area contributed by atoms with Crippen molar-refractivity contribution in [2.45, 2.75) is 31.7 Å². The summed E-state index contributed by atoms with van der Waals surface area (Å²) in [7, 11) is 3.19.